The summed E-state index contributed by atoms with van der Waals surface area (Å²) in [5, 5.41) is 9.88. The van der Waals surface area contributed by atoms with Gasteiger partial charge in [0.25, 0.3) is 0 Å². The standard InChI is InChI=1S/C11H15N5O2/c1-8-7-10(16-18-8)15-11-13-4-3-9(14-11)12-5-6-17-2/h3-4,7H,5-6H2,1-2H3,(H2,12,13,14,15,16). The molecule has 96 valence electrons. The molecule has 0 fully saturated rings. The van der Waals surface area contributed by atoms with Gasteiger partial charge in [-0.15, -0.1) is 0 Å². The maximum Gasteiger partial charge on any atom is 0.230 e. The van der Waals surface area contributed by atoms with Crippen LogP contribution in [-0.4, -0.2) is 35.4 Å². The Bertz CT molecular complexity index is 500. The zero-order valence-electron chi connectivity index (χ0n) is 10.3. The zero-order chi connectivity index (χ0) is 12.8. The van der Waals surface area contributed by atoms with Gasteiger partial charge in [0.1, 0.15) is 11.6 Å². The van der Waals surface area contributed by atoms with E-state index in [-0.39, 0.29) is 0 Å². The van der Waals surface area contributed by atoms with Crippen LogP contribution in [0, 0.1) is 6.92 Å². The van der Waals surface area contributed by atoms with E-state index in [0.29, 0.717) is 24.9 Å². The molecule has 7 heteroatoms. The molecule has 0 amide bonds. The van der Waals surface area contributed by atoms with Crippen molar-refractivity contribution < 1.29 is 9.26 Å². The number of nitrogens with zero attached hydrogens (tertiary/aromatic N) is 3. The molecular formula is C11H15N5O2. The first-order valence-corrected chi connectivity index (χ1v) is 5.54. The molecule has 7 nitrogen and oxygen atoms in total. The Hall–Kier alpha value is -2.15. The Balaban J connectivity index is 1.98. The Morgan fingerprint density at radius 1 is 1.39 bits per heavy atom. The molecule has 2 aromatic rings. The van der Waals surface area contributed by atoms with Gasteiger partial charge in [-0.2, -0.15) is 4.98 Å². The van der Waals surface area contributed by atoms with Crippen molar-refractivity contribution in [1.29, 1.82) is 0 Å². The summed E-state index contributed by atoms with van der Waals surface area (Å²) in [6, 6.07) is 3.56. The summed E-state index contributed by atoms with van der Waals surface area (Å²) in [5.74, 6) is 2.50. The van der Waals surface area contributed by atoms with Crippen molar-refractivity contribution >= 4 is 17.6 Å². The van der Waals surface area contributed by atoms with Crippen molar-refractivity contribution in [2.45, 2.75) is 6.92 Å². The lowest BCUT2D eigenvalue weighted by molar-refractivity contribution is 0.210. The number of methoxy groups -OCH3 is 1. The predicted octanol–water partition coefficient (Wildman–Crippen LogP) is 1.57. The number of rotatable bonds is 6. The van der Waals surface area contributed by atoms with Crippen LogP contribution in [0.1, 0.15) is 5.76 Å². The number of hydrogen-bond donors (Lipinski definition) is 2. The normalized spacial score (nSPS) is 10.3. The molecule has 0 bridgehead atoms. The van der Waals surface area contributed by atoms with Gasteiger partial charge in [-0.3, -0.25) is 0 Å². The van der Waals surface area contributed by atoms with Crippen LogP contribution in [0.2, 0.25) is 0 Å². The van der Waals surface area contributed by atoms with Gasteiger partial charge in [0, 0.05) is 25.9 Å². The van der Waals surface area contributed by atoms with Gasteiger partial charge in [0.05, 0.1) is 6.61 Å². The molecule has 0 unspecified atom stereocenters. The van der Waals surface area contributed by atoms with Gasteiger partial charge >= 0.3 is 0 Å². The quantitative estimate of drug-likeness (QED) is 0.751. The third-order valence-electron chi connectivity index (χ3n) is 2.14. The first-order chi connectivity index (χ1) is 8.78. The van der Waals surface area contributed by atoms with Gasteiger partial charge in [0.2, 0.25) is 5.95 Å². The van der Waals surface area contributed by atoms with E-state index in [4.69, 9.17) is 9.26 Å². The summed E-state index contributed by atoms with van der Waals surface area (Å²) in [5.41, 5.74) is 0. The summed E-state index contributed by atoms with van der Waals surface area (Å²) in [4.78, 5) is 8.38. The summed E-state index contributed by atoms with van der Waals surface area (Å²) in [6.45, 7) is 3.13. The van der Waals surface area contributed by atoms with Gasteiger partial charge < -0.3 is 19.9 Å². The lowest BCUT2D eigenvalue weighted by atomic mass is 10.5. The molecule has 0 aliphatic rings. The molecular weight excluding hydrogens is 234 g/mol. The smallest absolute Gasteiger partial charge is 0.230 e. The average Bonchev–Trinajstić information content (AvgIpc) is 2.76. The van der Waals surface area contributed by atoms with Crippen molar-refractivity contribution in [2.24, 2.45) is 0 Å². The minimum atomic E-state index is 0.464. The van der Waals surface area contributed by atoms with Crippen LogP contribution in [0.4, 0.5) is 17.6 Å². The van der Waals surface area contributed by atoms with Crippen molar-refractivity contribution in [3.63, 3.8) is 0 Å². The topological polar surface area (TPSA) is 85.1 Å². The molecule has 18 heavy (non-hydrogen) atoms. The molecule has 0 saturated carbocycles. The molecule has 0 aliphatic heterocycles. The molecule has 2 aromatic heterocycles. The molecule has 0 radical (unpaired) electrons. The van der Waals surface area contributed by atoms with Gasteiger partial charge in [-0.05, 0) is 13.0 Å². The highest BCUT2D eigenvalue weighted by molar-refractivity contribution is 5.49. The van der Waals surface area contributed by atoms with E-state index in [1.54, 1.807) is 25.4 Å². The Labute approximate surface area is 105 Å². The first kappa shape index (κ1) is 12.3. The number of nitrogens with one attached hydrogen (secondary N) is 2. The van der Waals surface area contributed by atoms with Crippen molar-refractivity contribution in [3.8, 4) is 0 Å². The van der Waals surface area contributed by atoms with Crippen molar-refractivity contribution in [2.75, 3.05) is 30.9 Å². The number of ether oxygens (including phenoxy) is 1. The van der Waals surface area contributed by atoms with Gasteiger partial charge in [0.15, 0.2) is 5.82 Å². The van der Waals surface area contributed by atoms with Crippen LogP contribution in [0.25, 0.3) is 0 Å². The summed E-state index contributed by atoms with van der Waals surface area (Å²) in [6.07, 6.45) is 1.66. The lowest BCUT2D eigenvalue weighted by Crippen LogP contribution is -2.09. The second-order valence-corrected chi connectivity index (χ2v) is 3.63. The highest BCUT2D eigenvalue weighted by Crippen LogP contribution is 2.13. The Morgan fingerprint density at radius 3 is 3.00 bits per heavy atom. The van der Waals surface area contributed by atoms with Crippen LogP contribution in [0.5, 0.6) is 0 Å². The van der Waals surface area contributed by atoms with Crippen LogP contribution >= 0.6 is 0 Å². The fourth-order valence-electron chi connectivity index (χ4n) is 1.34. The maximum absolute atomic E-state index is 4.95. The molecule has 0 atom stereocenters. The van der Waals surface area contributed by atoms with Crippen molar-refractivity contribution in [3.05, 3.63) is 24.1 Å². The highest BCUT2D eigenvalue weighted by atomic mass is 16.5. The summed E-state index contributed by atoms with van der Waals surface area (Å²) in [7, 11) is 1.65. The fraction of sp³-hybridized carbons (Fsp3) is 0.364. The average molecular weight is 249 g/mol. The Morgan fingerprint density at radius 2 is 2.28 bits per heavy atom. The molecule has 2 heterocycles. The lowest BCUT2D eigenvalue weighted by Gasteiger charge is -2.06. The highest BCUT2D eigenvalue weighted by Gasteiger charge is 2.03. The van der Waals surface area contributed by atoms with Crippen LogP contribution in [0.15, 0.2) is 22.9 Å². The summed E-state index contributed by atoms with van der Waals surface area (Å²) < 4.78 is 9.89. The minimum absolute atomic E-state index is 0.464. The third kappa shape index (κ3) is 3.42. The number of aromatic nitrogens is 3. The summed E-state index contributed by atoms with van der Waals surface area (Å²) >= 11 is 0. The molecule has 0 aliphatic carbocycles. The van der Waals surface area contributed by atoms with E-state index in [1.807, 2.05) is 6.92 Å². The fourth-order valence-corrected chi connectivity index (χ4v) is 1.34. The molecule has 2 rings (SSSR count). The van der Waals surface area contributed by atoms with E-state index in [2.05, 4.69) is 25.8 Å². The SMILES string of the molecule is COCCNc1ccnc(Nc2cc(C)on2)n1. The number of aryl methyl sites for hydroxylation is 1. The second kappa shape index (κ2) is 5.97. The van der Waals surface area contributed by atoms with E-state index in [1.165, 1.54) is 0 Å². The zero-order valence-corrected chi connectivity index (χ0v) is 10.3. The number of anilines is 3. The second-order valence-electron chi connectivity index (χ2n) is 3.63. The van der Waals surface area contributed by atoms with E-state index in [9.17, 15) is 0 Å². The van der Waals surface area contributed by atoms with E-state index >= 15 is 0 Å². The van der Waals surface area contributed by atoms with Crippen molar-refractivity contribution in [1.82, 2.24) is 15.1 Å². The predicted molar refractivity (Wildman–Crippen MR) is 66.9 cm³/mol. The molecule has 0 aromatic carbocycles. The van der Waals surface area contributed by atoms with Gasteiger partial charge in [-0.1, -0.05) is 5.16 Å². The van der Waals surface area contributed by atoms with Crippen LogP contribution < -0.4 is 10.6 Å². The van der Waals surface area contributed by atoms with Gasteiger partial charge in [-0.25, -0.2) is 4.98 Å². The van der Waals surface area contributed by atoms with Crippen LogP contribution in [0.3, 0.4) is 0 Å². The van der Waals surface area contributed by atoms with Crippen LogP contribution in [-0.2, 0) is 4.74 Å². The van der Waals surface area contributed by atoms with E-state index in [0.717, 1.165) is 11.6 Å². The van der Waals surface area contributed by atoms with E-state index < -0.39 is 0 Å². The maximum atomic E-state index is 4.95. The minimum Gasteiger partial charge on any atom is -0.383 e. The Kier molecular flexibility index (Phi) is 4.08. The monoisotopic (exact) mass is 249 g/mol. The third-order valence-corrected chi connectivity index (χ3v) is 2.14. The molecule has 0 saturated heterocycles. The largest absolute Gasteiger partial charge is 0.383 e. The molecule has 2 N–H and O–H groups in total. The first-order valence-electron chi connectivity index (χ1n) is 5.54. The molecule has 0 spiro atoms. The number of hydrogen-bond acceptors (Lipinski definition) is 7.